The molecule has 0 fully saturated rings. The molecule has 1 N–H and O–H groups in total. The largest absolute Gasteiger partial charge is 0.497 e. The molecule has 0 bridgehead atoms. The Bertz CT molecular complexity index is 739. The van der Waals surface area contributed by atoms with Crippen molar-refractivity contribution in [3.05, 3.63) is 59.2 Å². The standard InChI is InChI=1S/C20H23NO/c1-13-14(2)20(3,4)19-12-16(8-11-18(13)19)21-15-6-9-17(22-5)10-7-15/h6-12,21H,1-5H3. The zero-order valence-electron chi connectivity index (χ0n) is 13.9. The molecule has 0 saturated carbocycles. The number of fused-ring (bicyclic) bond motifs is 1. The van der Waals surface area contributed by atoms with Gasteiger partial charge in [0, 0.05) is 16.8 Å². The first kappa shape index (κ1) is 14.7. The lowest BCUT2D eigenvalue weighted by atomic mass is 9.82. The van der Waals surface area contributed by atoms with Gasteiger partial charge in [0.05, 0.1) is 7.11 Å². The number of methoxy groups -OCH3 is 1. The second-order valence-corrected chi connectivity index (χ2v) is 6.49. The maximum Gasteiger partial charge on any atom is 0.119 e. The van der Waals surface area contributed by atoms with Crippen molar-refractivity contribution >= 4 is 16.9 Å². The number of ether oxygens (including phenoxy) is 1. The van der Waals surface area contributed by atoms with Gasteiger partial charge in [-0.15, -0.1) is 0 Å². The molecule has 0 radical (unpaired) electrons. The van der Waals surface area contributed by atoms with Crippen molar-refractivity contribution < 1.29 is 4.74 Å². The van der Waals surface area contributed by atoms with Crippen LogP contribution in [0.15, 0.2) is 48.0 Å². The van der Waals surface area contributed by atoms with E-state index in [0.29, 0.717) is 0 Å². The highest BCUT2D eigenvalue weighted by Gasteiger charge is 2.33. The second kappa shape index (κ2) is 5.20. The molecule has 2 aromatic carbocycles. The zero-order chi connectivity index (χ0) is 15.9. The van der Waals surface area contributed by atoms with Gasteiger partial charge in [0.15, 0.2) is 0 Å². The lowest BCUT2D eigenvalue weighted by Crippen LogP contribution is -2.15. The topological polar surface area (TPSA) is 21.3 Å². The first-order valence-corrected chi connectivity index (χ1v) is 7.67. The summed E-state index contributed by atoms with van der Waals surface area (Å²) < 4.78 is 5.20. The Morgan fingerprint density at radius 2 is 1.55 bits per heavy atom. The highest BCUT2D eigenvalue weighted by atomic mass is 16.5. The van der Waals surface area contributed by atoms with E-state index in [1.54, 1.807) is 7.11 Å². The fraction of sp³-hybridized carbons (Fsp3) is 0.300. The van der Waals surface area contributed by atoms with E-state index >= 15 is 0 Å². The summed E-state index contributed by atoms with van der Waals surface area (Å²) in [6.07, 6.45) is 0. The highest BCUT2D eigenvalue weighted by molar-refractivity contribution is 5.80. The van der Waals surface area contributed by atoms with Crippen LogP contribution in [-0.2, 0) is 5.41 Å². The molecule has 3 rings (SSSR count). The lowest BCUT2D eigenvalue weighted by Gasteiger charge is -2.23. The maximum absolute atomic E-state index is 5.20. The van der Waals surface area contributed by atoms with Crippen molar-refractivity contribution in [2.24, 2.45) is 0 Å². The third-order valence-corrected chi connectivity index (χ3v) is 4.98. The minimum atomic E-state index is 0.108. The van der Waals surface area contributed by atoms with E-state index in [2.05, 4.69) is 51.2 Å². The van der Waals surface area contributed by atoms with Gasteiger partial charge in [-0.1, -0.05) is 25.5 Å². The van der Waals surface area contributed by atoms with E-state index in [4.69, 9.17) is 4.74 Å². The molecule has 1 aliphatic rings. The Kier molecular flexibility index (Phi) is 3.48. The van der Waals surface area contributed by atoms with Gasteiger partial charge in [0.2, 0.25) is 0 Å². The molecule has 0 unspecified atom stereocenters. The quantitative estimate of drug-likeness (QED) is 0.804. The van der Waals surface area contributed by atoms with Gasteiger partial charge in [-0.05, 0) is 66.9 Å². The van der Waals surface area contributed by atoms with Gasteiger partial charge in [-0.2, -0.15) is 0 Å². The summed E-state index contributed by atoms with van der Waals surface area (Å²) >= 11 is 0. The fourth-order valence-electron chi connectivity index (χ4n) is 3.18. The molecule has 0 saturated heterocycles. The van der Waals surface area contributed by atoms with Gasteiger partial charge in [-0.25, -0.2) is 0 Å². The summed E-state index contributed by atoms with van der Waals surface area (Å²) in [7, 11) is 1.68. The Morgan fingerprint density at radius 3 is 2.18 bits per heavy atom. The number of benzene rings is 2. The van der Waals surface area contributed by atoms with Crippen LogP contribution < -0.4 is 10.1 Å². The summed E-state index contributed by atoms with van der Waals surface area (Å²) in [6, 6.07) is 14.7. The Balaban J connectivity index is 1.91. The van der Waals surface area contributed by atoms with Crippen molar-refractivity contribution in [3.63, 3.8) is 0 Å². The SMILES string of the molecule is COc1ccc(Nc2ccc3c(c2)C(C)(C)C(C)=C3C)cc1. The lowest BCUT2D eigenvalue weighted by molar-refractivity contribution is 0.415. The molecule has 114 valence electrons. The predicted octanol–water partition coefficient (Wildman–Crippen LogP) is 5.52. The van der Waals surface area contributed by atoms with E-state index in [1.807, 2.05) is 24.3 Å². The zero-order valence-corrected chi connectivity index (χ0v) is 13.9. The molecular weight excluding hydrogens is 270 g/mol. The molecule has 2 nitrogen and oxygen atoms in total. The number of nitrogens with one attached hydrogen (secondary N) is 1. The number of hydrogen-bond donors (Lipinski definition) is 1. The normalized spacial score (nSPS) is 15.7. The van der Waals surface area contributed by atoms with Crippen LogP contribution in [-0.4, -0.2) is 7.11 Å². The average Bonchev–Trinajstić information content (AvgIpc) is 2.69. The molecule has 0 heterocycles. The second-order valence-electron chi connectivity index (χ2n) is 6.49. The minimum Gasteiger partial charge on any atom is -0.497 e. The number of anilines is 2. The van der Waals surface area contributed by atoms with E-state index in [-0.39, 0.29) is 5.41 Å². The third kappa shape index (κ3) is 2.29. The molecule has 0 aliphatic heterocycles. The smallest absolute Gasteiger partial charge is 0.119 e. The van der Waals surface area contributed by atoms with Gasteiger partial charge < -0.3 is 10.1 Å². The molecule has 0 aromatic heterocycles. The van der Waals surface area contributed by atoms with Crippen LogP contribution in [0, 0.1) is 0 Å². The number of hydrogen-bond acceptors (Lipinski definition) is 2. The molecular formula is C20H23NO. The third-order valence-electron chi connectivity index (χ3n) is 4.98. The van der Waals surface area contributed by atoms with E-state index in [1.165, 1.54) is 22.3 Å². The molecule has 0 spiro atoms. The van der Waals surface area contributed by atoms with E-state index in [0.717, 1.165) is 17.1 Å². The van der Waals surface area contributed by atoms with Gasteiger partial charge in [0.1, 0.15) is 5.75 Å². The molecule has 1 aliphatic carbocycles. The predicted molar refractivity (Wildman–Crippen MR) is 94.0 cm³/mol. The molecule has 0 atom stereocenters. The van der Waals surface area contributed by atoms with Crippen LogP contribution in [0.2, 0.25) is 0 Å². The average molecular weight is 293 g/mol. The molecule has 2 heteroatoms. The summed E-state index contributed by atoms with van der Waals surface area (Å²) in [5, 5.41) is 3.48. The fourth-order valence-corrected chi connectivity index (χ4v) is 3.18. The Labute approximate surface area is 132 Å². The number of rotatable bonds is 3. The van der Waals surface area contributed by atoms with E-state index < -0.39 is 0 Å². The van der Waals surface area contributed by atoms with Crippen LogP contribution in [0.4, 0.5) is 11.4 Å². The highest BCUT2D eigenvalue weighted by Crippen LogP contribution is 2.46. The van der Waals surface area contributed by atoms with Gasteiger partial charge in [0.25, 0.3) is 0 Å². The van der Waals surface area contributed by atoms with Crippen molar-refractivity contribution in [3.8, 4) is 5.75 Å². The van der Waals surface area contributed by atoms with Crippen molar-refractivity contribution in [1.29, 1.82) is 0 Å². The van der Waals surface area contributed by atoms with Gasteiger partial charge in [-0.3, -0.25) is 0 Å². The Morgan fingerprint density at radius 1 is 0.909 bits per heavy atom. The summed E-state index contributed by atoms with van der Waals surface area (Å²) in [4.78, 5) is 0. The van der Waals surface area contributed by atoms with Crippen molar-refractivity contribution in [2.45, 2.75) is 33.1 Å². The number of allylic oxidation sites excluding steroid dienone is 2. The van der Waals surface area contributed by atoms with Crippen LogP contribution >= 0.6 is 0 Å². The first-order chi connectivity index (χ1) is 10.4. The monoisotopic (exact) mass is 293 g/mol. The molecule has 22 heavy (non-hydrogen) atoms. The van der Waals surface area contributed by atoms with Crippen LogP contribution in [0.5, 0.6) is 5.75 Å². The summed E-state index contributed by atoms with van der Waals surface area (Å²) in [5.74, 6) is 0.871. The van der Waals surface area contributed by atoms with Crippen LogP contribution in [0.25, 0.3) is 5.57 Å². The van der Waals surface area contributed by atoms with Gasteiger partial charge >= 0.3 is 0 Å². The summed E-state index contributed by atoms with van der Waals surface area (Å²) in [6.45, 7) is 9.06. The molecule has 2 aromatic rings. The first-order valence-electron chi connectivity index (χ1n) is 7.67. The van der Waals surface area contributed by atoms with Crippen LogP contribution in [0.1, 0.15) is 38.8 Å². The van der Waals surface area contributed by atoms with Crippen molar-refractivity contribution in [1.82, 2.24) is 0 Å². The maximum atomic E-state index is 5.20. The molecule has 0 amide bonds. The Hall–Kier alpha value is -2.22. The minimum absolute atomic E-state index is 0.108. The van der Waals surface area contributed by atoms with E-state index in [9.17, 15) is 0 Å². The van der Waals surface area contributed by atoms with Crippen LogP contribution in [0.3, 0.4) is 0 Å². The van der Waals surface area contributed by atoms with Crippen molar-refractivity contribution in [2.75, 3.05) is 12.4 Å². The summed E-state index contributed by atoms with van der Waals surface area (Å²) in [5.41, 5.74) is 7.96.